The Balaban J connectivity index is 2.48. The van der Waals surface area contributed by atoms with E-state index in [0.29, 0.717) is 13.2 Å². The van der Waals surface area contributed by atoms with E-state index in [1.165, 1.54) is 0 Å². The van der Waals surface area contributed by atoms with E-state index in [4.69, 9.17) is 0 Å². The van der Waals surface area contributed by atoms with E-state index in [1.807, 2.05) is 0 Å². The number of hydrogen-bond acceptors (Lipinski definition) is 4. The number of nitrogens with one attached hydrogen (secondary N) is 1. The van der Waals surface area contributed by atoms with Gasteiger partial charge >= 0.3 is 0 Å². The van der Waals surface area contributed by atoms with E-state index in [-0.39, 0.29) is 0 Å². The second kappa shape index (κ2) is 2.54. The summed E-state index contributed by atoms with van der Waals surface area (Å²) in [7, 11) is 0. The van der Waals surface area contributed by atoms with Crippen molar-refractivity contribution in [1.29, 1.82) is 0 Å². The number of carbonyl (C=O) groups is 1. The van der Waals surface area contributed by atoms with Crippen LogP contribution in [0.3, 0.4) is 0 Å². The molecule has 1 heterocycles. The molecule has 1 fully saturated rings. The van der Waals surface area contributed by atoms with Crippen LogP contribution in [0.1, 0.15) is 0 Å². The van der Waals surface area contributed by atoms with Crippen LogP contribution in [-0.2, 0) is 9.53 Å². The van der Waals surface area contributed by atoms with Gasteiger partial charge in [-0.3, -0.25) is 4.79 Å². The van der Waals surface area contributed by atoms with Gasteiger partial charge in [0.1, 0.15) is 0 Å². The lowest BCUT2D eigenvalue weighted by Gasteiger charge is -2.15. The van der Waals surface area contributed by atoms with Crippen molar-refractivity contribution in [2.45, 2.75) is 6.23 Å². The smallest absolute Gasteiger partial charge is 0.275 e. The Labute approximate surface area is 51.3 Å². The largest absolute Gasteiger partial charge is 0.350 e. The minimum Gasteiger partial charge on any atom is -0.350 e. The fraction of sp³-hybridized carbons (Fsp3) is 0.750. The summed E-state index contributed by atoms with van der Waals surface area (Å²) in [4.78, 5) is 20.2. The zero-order valence-corrected chi connectivity index (χ0v) is 4.66. The zero-order chi connectivity index (χ0) is 6.69. The van der Waals surface area contributed by atoms with Crippen LogP contribution in [0.2, 0.25) is 0 Å². The lowest BCUT2D eigenvalue weighted by Crippen LogP contribution is -2.42. The first-order valence-corrected chi connectivity index (χ1v) is 2.56. The van der Waals surface area contributed by atoms with Gasteiger partial charge in [-0.05, 0) is 5.18 Å². The molecule has 0 spiro atoms. The summed E-state index contributed by atoms with van der Waals surface area (Å²) in [6.07, 6.45) is -1.13. The third-order valence-electron chi connectivity index (χ3n) is 0.997. The first-order chi connectivity index (χ1) is 4.34. The third-order valence-corrected chi connectivity index (χ3v) is 0.997. The van der Waals surface area contributed by atoms with Gasteiger partial charge in [0.25, 0.3) is 12.1 Å². The lowest BCUT2D eigenvalue weighted by molar-refractivity contribution is -0.136. The topological polar surface area (TPSA) is 67.8 Å². The zero-order valence-electron chi connectivity index (χ0n) is 4.66. The van der Waals surface area contributed by atoms with E-state index < -0.39 is 12.1 Å². The first-order valence-electron chi connectivity index (χ1n) is 2.56. The summed E-state index contributed by atoms with van der Waals surface area (Å²) < 4.78 is 4.65. The minimum absolute atomic E-state index is 0.363. The van der Waals surface area contributed by atoms with Crippen LogP contribution >= 0.6 is 0 Å². The molecule has 0 aliphatic carbocycles. The molecule has 1 aliphatic heterocycles. The fourth-order valence-corrected chi connectivity index (χ4v) is 0.586. The van der Waals surface area contributed by atoms with Gasteiger partial charge in [0, 0.05) is 6.54 Å². The quantitative estimate of drug-likeness (QED) is 0.473. The van der Waals surface area contributed by atoms with E-state index in [9.17, 15) is 9.70 Å². The van der Waals surface area contributed by atoms with Gasteiger partial charge in [0.2, 0.25) is 0 Å². The minimum atomic E-state index is -1.13. The van der Waals surface area contributed by atoms with Gasteiger partial charge in [0.15, 0.2) is 0 Å². The van der Waals surface area contributed by atoms with E-state index >= 15 is 0 Å². The van der Waals surface area contributed by atoms with Gasteiger partial charge < -0.3 is 10.1 Å². The Morgan fingerprint density at radius 3 is 3.00 bits per heavy atom. The van der Waals surface area contributed by atoms with E-state index in [1.54, 1.807) is 0 Å². The Kier molecular flexibility index (Phi) is 1.74. The molecule has 0 saturated carbocycles. The van der Waals surface area contributed by atoms with Gasteiger partial charge in [0.05, 0.1) is 6.61 Å². The van der Waals surface area contributed by atoms with Gasteiger partial charge in [-0.25, -0.2) is 0 Å². The SMILES string of the molecule is O=NC1OCCNC1=O. The maximum atomic E-state index is 10.5. The van der Waals surface area contributed by atoms with Crippen molar-refractivity contribution in [3.05, 3.63) is 4.91 Å². The molecule has 5 heteroatoms. The summed E-state index contributed by atoms with van der Waals surface area (Å²) in [6.45, 7) is 0.826. The van der Waals surface area contributed by atoms with Crippen LogP contribution in [0.25, 0.3) is 0 Å². The molecular weight excluding hydrogens is 124 g/mol. The molecule has 1 aliphatic rings. The molecule has 5 nitrogen and oxygen atoms in total. The highest BCUT2D eigenvalue weighted by Gasteiger charge is 2.22. The number of ether oxygens (including phenoxy) is 1. The number of amides is 1. The standard InChI is InChI=1S/C4H6N2O3/c7-3-4(6-8)9-2-1-5-3/h4H,1-2H2,(H,5,7). The van der Waals surface area contributed by atoms with Crippen LogP contribution in [0.5, 0.6) is 0 Å². The highest BCUT2D eigenvalue weighted by atomic mass is 16.5. The Morgan fingerprint density at radius 1 is 1.78 bits per heavy atom. The number of carbonyl (C=O) groups excluding carboxylic acids is 1. The molecule has 50 valence electrons. The van der Waals surface area contributed by atoms with Crippen LogP contribution in [-0.4, -0.2) is 25.3 Å². The average Bonchev–Trinajstić information content (AvgIpc) is 1.89. The number of hydrogen-bond donors (Lipinski definition) is 1. The summed E-state index contributed by atoms with van der Waals surface area (Å²) in [5, 5.41) is 4.87. The second-order valence-corrected chi connectivity index (χ2v) is 1.62. The number of rotatable bonds is 1. The first kappa shape index (κ1) is 6.15. The fourth-order valence-electron chi connectivity index (χ4n) is 0.586. The summed E-state index contributed by atoms with van der Waals surface area (Å²) >= 11 is 0. The summed E-state index contributed by atoms with van der Waals surface area (Å²) in [5.41, 5.74) is 0. The van der Waals surface area contributed by atoms with Crippen molar-refractivity contribution in [3.8, 4) is 0 Å². The molecule has 0 aromatic rings. The van der Waals surface area contributed by atoms with E-state index in [2.05, 4.69) is 15.2 Å². The molecule has 1 rings (SSSR count). The Bertz CT molecular complexity index is 136. The summed E-state index contributed by atoms with van der Waals surface area (Å²) in [6, 6.07) is 0. The Morgan fingerprint density at radius 2 is 2.56 bits per heavy atom. The molecule has 0 aromatic carbocycles. The molecule has 1 atom stereocenters. The Hall–Kier alpha value is -0.970. The monoisotopic (exact) mass is 130 g/mol. The number of morpholine rings is 1. The van der Waals surface area contributed by atoms with Crippen molar-refractivity contribution in [2.75, 3.05) is 13.2 Å². The van der Waals surface area contributed by atoms with Crippen LogP contribution < -0.4 is 5.32 Å². The maximum Gasteiger partial charge on any atom is 0.275 e. The molecule has 1 saturated heterocycles. The molecule has 0 radical (unpaired) electrons. The normalized spacial score (nSPS) is 27.1. The van der Waals surface area contributed by atoms with Crippen molar-refractivity contribution in [2.24, 2.45) is 5.18 Å². The molecule has 0 aromatic heterocycles. The third kappa shape index (κ3) is 1.23. The highest BCUT2D eigenvalue weighted by molar-refractivity contribution is 5.80. The van der Waals surface area contributed by atoms with Crippen LogP contribution in [0.15, 0.2) is 5.18 Å². The van der Waals surface area contributed by atoms with Gasteiger partial charge in [-0.2, -0.15) is 0 Å². The van der Waals surface area contributed by atoms with Crippen LogP contribution in [0, 0.1) is 4.91 Å². The average molecular weight is 130 g/mol. The van der Waals surface area contributed by atoms with Crippen LogP contribution in [0.4, 0.5) is 0 Å². The van der Waals surface area contributed by atoms with E-state index in [0.717, 1.165) is 0 Å². The second-order valence-electron chi connectivity index (χ2n) is 1.62. The lowest BCUT2D eigenvalue weighted by atomic mass is 10.4. The predicted octanol–water partition coefficient (Wildman–Crippen LogP) is -0.775. The van der Waals surface area contributed by atoms with Crippen molar-refractivity contribution < 1.29 is 9.53 Å². The molecule has 9 heavy (non-hydrogen) atoms. The number of nitroso groups, excluding NO2 is 1. The summed E-state index contributed by atoms with van der Waals surface area (Å²) in [5.74, 6) is -0.448. The molecule has 1 unspecified atom stereocenters. The molecule has 1 N–H and O–H groups in total. The van der Waals surface area contributed by atoms with Crippen molar-refractivity contribution >= 4 is 5.91 Å². The van der Waals surface area contributed by atoms with Crippen molar-refractivity contribution in [3.63, 3.8) is 0 Å². The number of nitrogens with zero attached hydrogens (tertiary/aromatic N) is 1. The molecular formula is C4H6N2O3. The molecule has 1 amide bonds. The maximum absolute atomic E-state index is 10.5. The highest BCUT2D eigenvalue weighted by Crippen LogP contribution is 1.96. The van der Waals surface area contributed by atoms with Gasteiger partial charge in [-0.15, -0.1) is 4.91 Å². The molecule has 0 bridgehead atoms. The van der Waals surface area contributed by atoms with Crippen molar-refractivity contribution in [1.82, 2.24) is 5.32 Å². The van der Waals surface area contributed by atoms with Gasteiger partial charge in [-0.1, -0.05) is 0 Å². The predicted molar refractivity (Wildman–Crippen MR) is 28.5 cm³/mol.